The lowest BCUT2D eigenvalue weighted by atomic mass is 10.2. The van der Waals surface area contributed by atoms with Gasteiger partial charge in [0.2, 0.25) is 0 Å². The number of hydrogen-bond donors (Lipinski definition) is 1. The number of imidazole rings is 1. The van der Waals surface area contributed by atoms with E-state index in [-0.39, 0.29) is 0 Å². The highest BCUT2D eigenvalue weighted by Crippen LogP contribution is 2.23. The number of aryl methyl sites for hydroxylation is 2. The van der Waals surface area contributed by atoms with Crippen LogP contribution in [0.25, 0.3) is 22.6 Å². The zero-order valence-electron chi connectivity index (χ0n) is 10.0. The van der Waals surface area contributed by atoms with Crippen LogP contribution in [0.15, 0.2) is 18.5 Å². The summed E-state index contributed by atoms with van der Waals surface area (Å²) in [5, 5.41) is 4.22. The molecule has 0 saturated carbocycles. The van der Waals surface area contributed by atoms with Gasteiger partial charge in [-0.15, -0.1) is 0 Å². The number of aromatic nitrogens is 5. The van der Waals surface area contributed by atoms with Crippen molar-refractivity contribution in [3.05, 3.63) is 29.7 Å². The molecule has 0 unspecified atom stereocenters. The van der Waals surface area contributed by atoms with Gasteiger partial charge in [0.25, 0.3) is 0 Å². The minimum atomic E-state index is 0.753. The van der Waals surface area contributed by atoms with E-state index in [9.17, 15) is 0 Å². The van der Waals surface area contributed by atoms with Crippen molar-refractivity contribution in [1.82, 2.24) is 24.7 Å². The number of nitrogens with one attached hydrogen (secondary N) is 1. The first-order valence-electron chi connectivity index (χ1n) is 5.47. The van der Waals surface area contributed by atoms with E-state index in [1.165, 1.54) is 0 Å². The molecule has 1 N–H and O–H groups in total. The second kappa shape index (κ2) is 3.41. The normalized spacial score (nSPS) is 11.2. The van der Waals surface area contributed by atoms with E-state index in [4.69, 9.17) is 0 Å². The molecule has 3 aromatic heterocycles. The van der Waals surface area contributed by atoms with Crippen LogP contribution in [0, 0.1) is 13.8 Å². The van der Waals surface area contributed by atoms with Gasteiger partial charge in [-0.3, -0.25) is 4.68 Å². The SMILES string of the molecule is Cc1ccnc2nc(-c3cnn(C)c3C)[nH]c12. The molecule has 17 heavy (non-hydrogen) atoms. The molecule has 3 rings (SSSR count). The molecule has 5 heteroatoms. The fourth-order valence-electron chi connectivity index (χ4n) is 1.89. The van der Waals surface area contributed by atoms with Crippen molar-refractivity contribution in [1.29, 1.82) is 0 Å². The molecule has 0 bridgehead atoms. The Labute approximate surface area is 98.5 Å². The highest BCUT2D eigenvalue weighted by Gasteiger charge is 2.12. The van der Waals surface area contributed by atoms with E-state index in [0.29, 0.717) is 0 Å². The number of aromatic amines is 1. The first-order valence-corrected chi connectivity index (χ1v) is 5.47. The number of fused-ring (bicyclic) bond motifs is 1. The van der Waals surface area contributed by atoms with Crippen LogP contribution in [0.1, 0.15) is 11.3 Å². The van der Waals surface area contributed by atoms with Crippen LogP contribution in [0.4, 0.5) is 0 Å². The predicted molar refractivity (Wildman–Crippen MR) is 65.6 cm³/mol. The van der Waals surface area contributed by atoms with Crippen molar-refractivity contribution >= 4 is 11.2 Å². The third-order valence-corrected chi connectivity index (χ3v) is 3.09. The summed E-state index contributed by atoms with van der Waals surface area (Å²) in [4.78, 5) is 12.1. The summed E-state index contributed by atoms with van der Waals surface area (Å²) in [6, 6.07) is 1.97. The standard InChI is InChI=1S/C12H13N5/c1-7-4-5-13-12-10(7)15-11(16-12)9-6-14-17(3)8(9)2/h4-6H,1-3H3,(H,13,15,16). The molecule has 3 heterocycles. The van der Waals surface area contributed by atoms with Crippen LogP contribution in [0.3, 0.4) is 0 Å². The fraction of sp³-hybridized carbons (Fsp3) is 0.250. The molecule has 0 radical (unpaired) electrons. The van der Waals surface area contributed by atoms with Crippen molar-refractivity contribution in [3.8, 4) is 11.4 Å². The molecule has 3 aromatic rings. The molecular weight excluding hydrogens is 214 g/mol. The number of rotatable bonds is 1. The highest BCUT2D eigenvalue weighted by atomic mass is 15.3. The first kappa shape index (κ1) is 10.0. The number of nitrogens with zero attached hydrogens (tertiary/aromatic N) is 4. The van der Waals surface area contributed by atoms with Crippen molar-refractivity contribution < 1.29 is 0 Å². The summed E-state index contributed by atoms with van der Waals surface area (Å²) in [6.45, 7) is 4.07. The minimum absolute atomic E-state index is 0.753. The van der Waals surface area contributed by atoms with E-state index in [1.807, 2.05) is 37.8 Å². The van der Waals surface area contributed by atoms with Crippen molar-refractivity contribution in [2.75, 3.05) is 0 Å². The quantitative estimate of drug-likeness (QED) is 0.691. The van der Waals surface area contributed by atoms with E-state index in [1.54, 1.807) is 6.20 Å². The van der Waals surface area contributed by atoms with E-state index < -0.39 is 0 Å². The molecule has 0 atom stereocenters. The highest BCUT2D eigenvalue weighted by molar-refractivity contribution is 5.78. The maximum Gasteiger partial charge on any atom is 0.178 e. The van der Waals surface area contributed by atoms with E-state index in [0.717, 1.165) is 33.8 Å². The Morgan fingerprint density at radius 3 is 2.76 bits per heavy atom. The van der Waals surface area contributed by atoms with Crippen LogP contribution >= 0.6 is 0 Å². The topological polar surface area (TPSA) is 59.4 Å². The summed E-state index contributed by atoms with van der Waals surface area (Å²) in [5.74, 6) is 0.826. The largest absolute Gasteiger partial charge is 0.336 e. The smallest absolute Gasteiger partial charge is 0.178 e. The van der Waals surface area contributed by atoms with Crippen LogP contribution < -0.4 is 0 Å². The fourth-order valence-corrected chi connectivity index (χ4v) is 1.89. The second-order valence-electron chi connectivity index (χ2n) is 4.18. The van der Waals surface area contributed by atoms with Crippen molar-refractivity contribution in [2.24, 2.45) is 7.05 Å². The third kappa shape index (κ3) is 1.43. The Hall–Kier alpha value is -2.17. The van der Waals surface area contributed by atoms with Gasteiger partial charge in [0.05, 0.1) is 17.3 Å². The summed E-state index contributed by atoms with van der Waals surface area (Å²) in [5.41, 5.74) is 5.00. The molecule has 0 fully saturated rings. The second-order valence-corrected chi connectivity index (χ2v) is 4.18. The Kier molecular flexibility index (Phi) is 2.01. The molecule has 0 aromatic carbocycles. The lowest BCUT2D eigenvalue weighted by molar-refractivity contribution is 0.740. The van der Waals surface area contributed by atoms with Gasteiger partial charge in [-0.05, 0) is 25.5 Å². The molecule has 5 nitrogen and oxygen atoms in total. The molecule has 0 saturated heterocycles. The Morgan fingerprint density at radius 2 is 2.12 bits per heavy atom. The van der Waals surface area contributed by atoms with Gasteiger partial charge < -0.3 is 4.98 Å². The predicted octanol–water partition coefficient (Wildman–Crippen LogP) is 1.98. The first-order chi connectivity index (χ1) is 8.16. The Balaban J connectivity index is 2.25. The minimum Gasteiger partial charge on any atom is -0.336 e. The monoisotopic (exact) mass is 227 g/mol. The van der Waals surface area contributed by atoms with Crippen molar-refractivity contribution in [2.45, 2.75) is 13.8 Å². The van der Waals surface area contributed by atoms with Gasteiger partial charge in [-0.2, -0.15) is 5.10 Å². The van der Waals surface area contributed by atoms with Crippen LogP contribution in [-0.4, -0.2) is 24.7 Å². The van der Waals surface area contributed by atoms with Gasteiger partial charge in [-0.1, -0.05) is 0 Å². The number of H-pyrrole nitrogens is 1. The summed E-state index contributed by atoms with van der Waals surface area (Å²) in [7, 11) is 1.92. The summed E-state index contributed by atoms with van der Waals surface area (Å²) < 4.78 is 1.84. The molecule has 0 amide bonds. The van der Waals surface area contributed by atoms with E-state index >= 15 is 0 Å². The van der Waals surface area contributed by atoms with Crippen LogP contribution in [0.5, 0.6) is 0 Å². The average Bonchev–Trinajstić information content (AvgIpc) is 2.85. The Morgan fingerprint density at radius 1 is 1.29 bits per heavy atom. The zero-order chi connectivity index (χ0) is 12.0. The molecular formula is C12H13N5. The zero-order valence-corrected chi connectivity index (χ0v) is 10.0. The molecule has 86 valence electrons. The maximum absolute atomic E-state index is 4.50. The van der Waals surface area contributed by atoms with Crippen LogP contribution in [0.2, 0.25) is 0 Å². The molecule has 0 aliphatic rings. The molecule has 0 aliphatic heterocycles. The number of pyridine rings is 1. The average molecular weight is 227 g/mol. The summed E-state index contributed by atoms with van der Waals surface area (Å²) in [6.07, 6.45) is 3.60. The lowest BCUT2D eigenvalue weighted by Gasteiger charge is -1.95. The van der Waals surface area contributed by atoms with E-state index in [2.05, 4.69) is 20.1 Å². The van der Waals surface area contributed by atoms with Gasteiger partial charge >= 0.3 is 0 Å². The van der Waals surface area contributed by atoms with Gasteiger partial charge in [0, 0.05) is 18.9 Å². The molecule has 0 aliphatic carbocycles. The molecule has 0 spiro atoms. The maximum atomic E-state index is 4.50. The summed E-state index contributed by atoms with van der Waals surface area (Å²) >= 11 is 0. The van der Waals surface area contributed by atoms with Gasteiger partial charge in [0.1, 0.15) is 5.82 Å². The Bertz CT molecular complexity index is 692. The van der Waals surface area contributed by atoms with Gasteiger partial charge in [-0.25, -0.2) is 9.97 Å². The lowest BCUT2D eigenvalue weighted by Crippen LogP contribution is -1.92. The number of hydrogen-bond acceptors (Lipinski definition) is 3. The van der Waals surface area contributed by atoms with Crippen LogP contribution in [-0.2, 0) is 7.05 Å². The third-order valence-electron chi connectivity index (χ3n) is 3.09. The van der Waals surface area contributed by atoms with Crippen molar-refractivity contribution in [3.63, 3.8) is 0 Å². The van der Waals surface area contributed by atoms with Gasteiger partial charge in [0.15, 0.2) is 5.65 Å².